The molecule has 0 aliphatic heterocycles. The lowest BCUT2D eigenvalue weighted by molar-refractivity contribution is -0.146. The fraction of sp³-hybridized carbons (Fsp3) is 0.364. The topological polar surface area (TPSA) is 35.5 Å². The molecule has 82 valence electrons. The molecule has 0 aliphatic rings. The summed E-state index contributed by atoms with van der Waals surface area (Å²) in [6.45, 7) is 1.78. The molecule has 0 bridgehead atoms. The lowest BCUT2D eigenvalue weighted by Crippen LogP contribution is -2.11. The Kier molecular flexibility index (Phi) is 3.66. The summed E-state index contributed by atoms with van der Waals surface area (Å²) in [5.74, 6) is -0.533. The van der Waals surface area contributed by atoms with Crippen molar-refractivity contribution in [2.75, 3.05) is 14.2 Å². The van der Waals surface area contributed by atoms with Gasteiger partial charge in [0.15, 0.2) is 0 Å². The zero-order valence-corrected chi connectivity index (χ0v) is 8.91. The van der Waals surface area contributed by atoms with Gasteiger partial charge in [0.1, 0.15) is 5.75 Å². The van der Waals surface area contributed by atoms with Crippen molar-refractivity contribution in [3.63, 3.8) is 0 Å². The molecule has 1 atom stereocenters. The van der Waals surface area contributed by atoms with E-state index in [1.54, 1.807) is 19.1 Å². The van der Waals surface area contributed by atoms with Gasteiger partial charge in [-0.15, -0.1) is 0 Å². The number of carbonyl (C=O) groups is 1. The number of esters is 1. The molecular formula is C11H13FO3. The zero-order chi connectivity index (χ0) is 11.4. The Morgan fingerprint density at radius 1 is 1.40 bits per heavy atom. The fourth-order valence-corrected chi connectivity index (χ4v) is 1.38. The molecule has 0 heterocycles. The predicted octanol–water partition coefficient (Wildman–Crippen LogP) is 2.19. The minimum absolute atomic E-state index is 0.198. The zero-order valence-electron chi connectivity index (χ0n) is 8.91. The second kappa shape index (κ2) is 4.77. The van der Waals surface area contributed by atoms with Crippen LogP contribution in [0.25, 0.3) is 0 Å². The summed E-state index contributed by atoms with van der Waals surface area (Å²) in [6, 6.07) is 4.96. The van der Waals surface area contributed by atoms with E-state index in [2.05, 4.69) is 4.74 Å². The van der Waals surface area contributed by atoms with Crippen LogP contribution < -0.4 is 4.74 Å². The van der Waals surface area contributed by atoms with Gasteiger partial charge in [-0.2, -0.15) is 0 Å². The first kappa shape index (κ1) is 11.5. The van der Waals surface area contributed by atoms with Crippen LogP contribution in [0.5, 0.6) is 5.75 Å². The van der Waals surface area contributed by atoms with E-state index in [4.69, 9.17) is 4.74 Å². The number of alkyl halides is 1. The third-order valence-electron chi connectivity index (χ3n) is 2.13. The van der Waals surface area contributed by atoms with Crippen molar-refractivity contribution >= 4 is 5.97 Å². The lowest BCUT2D eigenvalue weighted by atomic mass is 10.1. The van der Waals surface area contributed by atoms with Gasteiger partial charge in [0, 0.05) is 5.56 Å². The molecule has 0 aliphatic carbocycles. The van der Waals surface area contributed by atoms with Crippen LogP contribution in [0.4, 0.5) is 4.39 Å². The van der Waals surface area contributed by atoms with Crippen LogP contribution in [0.2, 0.25) is 0 Å². The number of benzene rings is 1. The van der Waals surface area contributed by atoms with E-state index in [1.807, 2.05) is 0 Å². The van der Waals surface area contributed by atoms with Crippen molar-refractivity contribution in [3.8, 4) is 5.75 Å². The summed E-state index contributed by atoms with van der Waals surface area (Å²) < 4.78 is 23.0. The van der Waals surface area contributed by atoms with Crippen LogP contribution in [-0.2, 0) is 9.53 Å². The minimum Gasteiger partial charge on any atom is -0.496 e. The lowest BCUT2D eigenvalue weighted by Gasteiger charge is -2.13. The Morgan fingerprint density at radius 3 is 2.60 bits per heavy atom. The van der Waals surface area contributed by atoms with E-state index in [0.29, 0.717) is 5.75 Å². The molecule has 0 saturated heterocycles. The Hall–Kier alpha value is -1.58. The molecule has 3 nitrogen and oxygen atoms in total. The minimum atomic E-state index is -1.80. The van der Waals surface area contributed by atoms with E-state index in [1.165, 1.54) is 13.2 Å². The van der Waals surface area contributed by atoms with Crippen LogP contribution in [0.3, 0.4) is 0 Å². The summed E-state index contributed by atoms with van der Waals surface area (Å²) >= 11 is 0. The van der Waals surface area contributed by atoms with Crippen LogP contribution >= 0.6 is 0 Å². The van der Waals surface area contributed by atoms with E-state index < -0.39 is 12.1 Å². The summed E-state index contributed by atoms with van der Waals surface area (Å²) in [7, 11) is 2.59. The maximum absolute atomic E-state index is 13.6. The average Bonchev–Trinajstić information content (AvgIpc) is 2.26. The molecule has 1 unspecified atom stereocenters. The Labute approximate surface area is 87.8 Å². The number of ether oxygens (including phenoxy) is 2. The fourth-order valence-electron chi connectivity index (χ4n) is 1.38. The molecule has 0 saturated carbocycles. The van der Waals surface area contributed by atoms with E-state index in [-0.39, 0.29) is 5.56 Å². The van der Waals surface area contributed by atoms with Crippen LogP contribution in [-0.4, -0.2) is 20.2 Å². The molecule has 0 spiro atoms. The highest BCUT2D eigenvalue weighted by atomic mass is 19.1. The predicted molar refractivity (Wildman–Crippen MR) is 53.6 cm³/mol. The summed E-state index contributed by atoms with van der Waals surface area (Å²) in [5.41, 5.74) is 0.978. The van der Waals surface area contributed by atoms with E-state index in [0.717, 1.165) is 12.7 Å². The number of carbonyl (C=O) groups excluding carboxylic acids is 1. The Balaban J connectivity index is 3.13. The quantitative estimate of drug-likeness (QED) is 0.720. The van der Waals surface area contributed by atoms with Gasteiger partial charge in [-0.25, -0.2) is 9.18 Å². The van der Waals surface area contributed by atoms with Crippen molar-refractivity contribution in [2.24, 2.45) is 0 Å². The van der Waals surface area contributed by atoms with Gasteiger partial charge in [-0.1, -0.05) is 18.2 Å². The molecule has 0 N–H and O–H groups in total. The van der Waals surface area contributed by atoms with Crippen LogP contribution in [0, 0.1) is 6.92 Å². The van der Waals surface area contributed by atoms with E-state index >= 15 is 0 Å². The standard InChI is InChI=1S/C11H13FO3/c1-7-5-4-6-8(10(7)14-2)9(12)11(13)15-3/h4-6,9H,1-3H3. The first-order chi connectivity index (χ1) is 7.11. The van der Waals surface area contributed by atoms with Crippen molar-refractivity contribution < 1.29 is 18.7 Å². The van der Waals surface area contributed by atoms with Crippen molar-refractivity contribution in [1.82, 2.24) is 0 Å². The third kappa shape index (κ3) is 2.26. The number of hydrogen-bond acceptors (Lipinski definition) is 3. The maximum atomic E-state index is 13.6. The van der Waals surface area contributed by atoms with Gasteiger partial charge >= 0.3 is 5.97 Å². The van der Waals surface area contributed by atoms with Crippen molar-refractivity contribution in [3.05, 3.63) is 29.3 Å². The van der Waals surface area contributed by atoms with Gasteiger partial charge in [-0.05, 0) is 12.5 Å². The number of rotatable bonds is 3. The normalized spacial score (nSPS) is 12.0. The monoisotopic (exact) mass is 212 g/mol. The summed E-state index contributed by atoms with van der Waals surface area (Å²) in [6.07, 6.45) is -1.80. The van der Waals surface area contributed by atoms with Crippen LogP contribution in [0.15, 0.2) is 18.2 Å². The number of halogens is 1. The molecule has 1 rings (SSSR count). The second-order valence-electron chi connectivity index (χ2n) is 3.08. The molecule has 1 aromatic rings. The number of para-hydroxylation sites is 1. The first-order valence-electron chi connectivity index (χ1n) is 4.47. The number of hydrogen-bond donors (Lipinski definition) is 0. The third-order valence-corrected chi connectivity index (χ3v) is 2.13. The molecule has 1 aromatic carbocycles. The second-order valence-corrected chi connectivity index (χ2v) is 3.08. The highest BCUT2D eigenvalue weighted by molar-refractivity contribution is 5.77. The Bertz CT molecular complexity index is 363. The average molecular weight is 212 g/mol. The smallest absolute Gasteiger partial charge is 0.345 e. The number of aryl methyl sites for hydroxylation is 1. The molecule has 0 aromatic heterocycles. The molecule has 0 fully saturated rings. The largest absolute Gasteiger partial charge is 0.496 e. The van der Waals surface area contributed by atoms with Gasteiger partial charge in [-0.3, -0.25) is 0 Å². The first-order valence-corrected chi connectivity index (χ1v) is 4.47. The van der Waals surface area contributed by atoms with Gasteiger partial charge in [0.25, 0.3) is 0 Å². The highest BCUT2D eigenvalue weighted by Crippen LogP contribution is 2.31. The molecule has 0 radical (unpaired) electrons. The molecule has 0 amide bonds. The Morgan fingerprint density at radius 2 is 2.07 bits per heavy atom. The maximum Gasteiger partial charge on any atom is 0.345 e. The van der Waals surface area contributed by atoms with Crippen molar-refractivity contribution in [1.29, 1.82) is 0 Å². The molecule has 4 heteroatoms. The molecule has 15 heavy (non-hydrogen) atoms. The SMILES string of the molecule is COC(=O)C(F)c1cccc(C)c1OC. The van der Waals surface area contributed by atoms with Gasteiger partial charge in [0.05, 0.1) is 14.2 Å². The summed E-state index contributed by atoms with van der Waals surface area (Å²) in [4.78, 5) is 11.0. The highest BCUT2D eigenvalue weighted by Gasteiger charge is 2.24. The van der Waals surface area contributed by atoms with E-state index in [9.17, 15) is 9.18 Å². The van der Waals surface area contributed by atoms with Gasteiger partial charge in [0.2, 0.25) is 6.17 Å². The molecular weight excluding hydrogens is 199 g/mol. The van der Waals surface area contributed by atoms with Gasteiger partial charge < -0.3 is 9.47 Å². The van der Waals surface area contributed by atoms with Crippen LogP contribution in [0.1, 0.15) is 17.3 Å². The van der Waals surface area contributed by atoms with Crippen molar-refractivity contribution in [2.45, 2.75) is 13.1 Å². The summed E-state index contributed by atoms with van der Waals surface area (Å²) in [5, 5.41) is 0. The number of methoxy groups -OCH3 is 2.